The molecule has 1 atom stereocenters. The Hall–Kier alpha value is -0.180. The van der Waals surface area contributed by atoms with Crippen LogP contribution in [0, 0.1) is 0 Å². The molecule has 0 aromatic carbocycles. The molecule has 0 spiro atoms. The van der Waals surface area contributed by atoms with E-state index in [1.807, 2.05) is 6.26 Å². The first-order valence-corrected chi connectivity index (χ1v) is 5.76. The molecule has 0 aliphatic rings. The minimum atomic E-state index is -0.668. The second-order valence-corrected chi connectivity index (χ2v) is 3.95. The molecule has 0 rings (SSSR count). The second-order valence-electron chi connectivity index (χ2n) is 2.91. The molecular formula is C9H18O2S. The number of carboxylic acids is 1. The highest BCUT2D eigenvalue weighted by Gasteiger charge is 2.14. The van der Waals surface area contributed by atoms with E-state index in [0.717, 1.165) is 12.8 Å². The Morgan fingerprint density at radius 1 is 1.42 bits per heavy atom. The van der Waals surface area contributed by atoms with Crippen LogP contribution in [0.15, 0.2) is 0 Å². The average Bonchev–Trinajstić information content (AvgIpc) is 2.04. The lowest BCUT2D eigenvalue weighted by molar-refractivity contribution is -0.136. The minimum absolute atomic E-state index is 0.193. The van der Waals surface area contributed by atoms with Gasteiger partial charge in [-0.25, -0.2) is 0 Å². The van der Waals surface area contributed by atoms with Crippen molar-refractivity contribution in [3.8, 4) is 0 Å². The number of unbranched alkanes of at least 4 members (excludes halogenated alkanes) is 3. The van der Waals surface area contributed by atoms with Gasteiger partial charge in [0, 0.05) is 0 Å². The van der Waals surface area contributed by atoms with Gasteiger partial charge in [0.05, 0.1) is 0 Å². The van der Waals surface area contributed by atoms with E-state index in [1.54, 1.807) is 0 Å². The first-order chi connectivity index (χ1) is 5.72. The Labute approximate surface area is 78.7 Å². The summed E-state index contributed by atoms with van der Waals surface area (Å²) in [7, 11) is 0. The topological polar surface area (TPSA) is 37.3 Å². The van der Waals surface area contributed by atoms with Crippen LogP contribution in [-0.2, 0) is 4.79 Å². The van der Waals surface area contributed by atoms with Gasteiger partial charge < -0.3 is 5.11 Å². The Morgan fingerprint density at radius 2 is 2.08 bits per heavy atom. The molecule has 0 aromatic rings. The maximum atomic E-state index is 10.6. The fraction of sp³-hybridized carbons (Fsp3) is 0.889. The zero-order valence-corrected chi connectivity index (χ0v) is 8.69. The third-order valence-electron chi connectivity index (χ3n) is 1.88. The van der Waals surface area contributed by atoms with E-state index in [0.29, 0.717) is 0 Å². The summed E-state index contributed by atoms with van der Waals surface area (Å²) in [6, 6.07) is 0. The van der Waals surface area contributed by atoms with Crippen LogP contribution in [0.25, 0.3) is 0 Å². The Balaban J connectivity index is 3.38. The van der Waals surface area contributed by atoms with Crippen molar-refractivity contribution in [1.82, 2.24) is 0 Å². The van der Waals surface area contributed by atoms with Gasteiger partial charge in [0.1, 0.15) is 5.25 Å². The molecule has 0 aromatic heterocycles. The zero-order chi connectivity index (χ0) is 9.40. The van der Waals surface area contributed by atoms with Crippen molar-refractivity contribution in [3.63, 3.8) is 0 Å². The molecule has 0 amide bonds. The number of rotatable bonds is 7. The monoisotopic (exact) mass is 190 g/mol. The van der Waals surface area contributed by atoms with Crippen molar-refractivity contribution >= 4 is 17.7 Å². The van der Waals surface area contributed by atoms with Crippen molar-refractivity contribution in [1.29, 1.82) is 0 Å². The van der Waals surface area contributed by atoms with Gasteiger partial charge in [-0.1, -0.05) is 32.6 Å². The fourth-order valence-corrected chi connectivity index (χ4v) is 1.70. The van der Waals surface area contributed by atoms with Crippen LogP contribution in [0.5, 0.6) is 0 Å². The molecule has 0 radical (unpaired) electrons. The van der Waals surface area contributed by atoms with E-state index >= 15 is 0 Å². The molecule has 12 heavy (non-hydrogen) atoms. The molecule has 0 bridgehead atoms. The molecule has 1 N–H and O–H groups in total. The van der Waals surface area contributed by atoms with Gasteiger partial charge in [0.15, 0.2) is 0 Å². The largest absolute Gasteiger partial charge is 0.480 e. The molecule has 72 valence electrons. The summed E-state index contributed by atoms with van der Waals surface area (Å²) in [5, 5.41) is 8.52. The first-order valence-electron chi connectivity index (χ1n) is 4.48. The van der Waals surface area contributed by atoms with Crippen LogP contribution in [0.1, 0.15) is 39.0 Å². The molecule has 3 heteroatoms. The van der Waals surface area contributed by atoms with Crippen LogP contribution < -0.4 is 0 Å². The molecular weight excluding hydrogens is 172 g/mol. The lowest BCUT2D eigenvalue weighted by Crippen LogP contribution is -2.15. The molecule has 0 fully saturated rings. The lowest BCUT2D eigenvalue weighted by atomic mass is 10.1. The maximum absolute atomic E-state index is 10.6. The van der Waals surface area contributed by atoms with Gasteiger partial charge in [-0.15, -0.1) is 0 Å². The number of hydrogen-bond donors (Lipinski definition) is 1. The Bertz CT molecular complexity index is 126. The summed E-state index contributed by atoms with van der Waals surface area (Å²) >= 11 is 1.44. The van der Waals surface area contributed by atoms with Gasteiger partial charge in [-0.2, -0.15) is 11.8 Å². The molecule has 0 heterocycles. The second kappa shape index (κ2) is 7.47. The molecule has 0 aliphatic heterocycles. The van der Waals surface area contributed by atoms with E-state index in [4.69, 9.17) is 5.11 Å². The van der Waals surface area contributed by atoms with E-state index in [-0.39, 0.29) is 5.25 Å². The maximum Gasteiger partial charge on any atom is 0.316 e. The summed E-state index contributed by atoms with van der Waals surface area (Å²) in [6.45, 7) is 2.16. The van der Waals surface area contributed by atoms with Gasteiger partial charge in [0.25, 0.3) is 0 Å². The SMILES string of the molecule is CCCCCCC(SC)C(=O)O. The molecule has 0 saturated heterocycles. The fourth-order valence-electron chi connectivity index (χ4n) is 1.10. The Morgan fingerprint density at radius 3 is 2.50 bits per heavy atom. The van der Waals surface area contributed by atoms with Crippen molar-refractivity contribution in [2.75, 3.05) is 6.26 Å². The molecule has 0 aliphatic carbocycles. The number of hydrogen-bond acceptors (Lipinski definition) is 2. The number of carbonyl (C=O) groups is 1. The quantitative estimate of drug-likeness (QED) is 0.627. The summed E-state index contributed by atoms with van der Waals surface area (Å²) in [5.74, 6) is -0.668. The summed E-state index contributed by atoms with van der Waals surface area (Å²) in [4.78, 5) is 10.6. The van der Waals surface area contributed by atoms with Gasteiger partial charge in [0.2, 0.25) is 0 Å². The van der Waals surface area contributed by atoms with E-state index in [9.17, 15) is 4.79 Å². The van der Waals surface area contributed by atoms with Crippen molar-refractivity contribution in [2.24, 2.45) is 0 Å². The highest BCUT2D eigenvalue weighted by atomic mass is 32.2. The lowest BCUT2D eigenvalue weighted by Gasteiger charge is -2.07. The number of thioether (sulfide) groups is 1. The molecule has 1 unspecified atom stereocenters. The predicted octanol–water partition coefficient (Wildman–Crippen LogP) is 2.77. The van der Waals surface area contributed by atoms with Gasteiger partial charge in [-0.05, 0) is 12.7 Å². The predicted molar refractivity (Wildman–Crippen MR) is 53.7 cm³/mol. The highest BCUT2D eigenvalue weighted by Crippen LogP contribution is 2.15. The van der Waals surface area contributed by atoms with Gasteiger partial charge >= 0.3 is 5.97 Å². The van der Waals surface area contributed by atoms with E-state index in [1.165, 1.54) is 31.0 Å². The number of aliphatic carboxylic acids is 1. The standard InChI is InChI=1S/C9H18O2S/c1-3-4-5-6-7-8(12-2)9(10)11/h8H,3-7H2,1-2H3,(H,10,11). The normalized spacial score (nSPS) is 12.8. The molecule has 0 saturated carbocycles. The minimum Gasteiger partial charge on any atom is -0.480 e. The van der Waals surface area contributed by atoms with Crippen LogP contribution in [0.3, 0.4) is 0 Å². The van der Waals surface area contributed by atoms with Crippen LogP contribution in [0.4, 0.5) is 0 Å². The highest BCUT2D eigenvalue weighted by molar-refractivity contribution is 7.99. The average molecular weight is 190 g/mol. The van der Waals surface area contributed by atoms with E-state index < -0.39 is 5.97 Å². The van der Waals surface area contributed by atoms with E-state index in [2.05, 4.69) is 6.92 Å². The van der Waals surface area contributed by atoms with Crippen molar-refractivity contribution in [2.45, 2.75) is 44.3 Å². The van der Waals surface area contributed by atoms with Crippen molar-refractivity contribution in [3.05, 3.63) is 0 Å². The molecule has 2 nitrogen and oxygen atoms in total. The summed E-state index contributed by atoms with van der Waals surface area (Å²) in [5.41, 5.74) is 0. The third kappa shape index (κ3) is 5.47. The zero-order valence-electron chi connectivity index (χ0n) is 7.88. The van der Waals surface area contributed by atoms with Crippen LogP contribution in [0.2, 0.25) is 0 Å². The van der Waals surface area contributed by atoms with Gasteiger partial charge in [-0.3, -0.25) is 4.79 Å². The van der Waals surface area contributed by atoms with Crippen LogP contribution in [-0.4, -0.2) is 22.6 Å². The summed E-state index contributed by atoms with van der Waals surface area (Å²) < 4.78 is 0. The van der Waals surface area contributed by atoms with Crippen molar-refractivity contribution < 1.29 is 9.90 Å². The Kier molecular flexibility index (Phi) is 7.36. The number of carboxylic acid groups (broad SMARTS) is 1. The van der Waals surface area contributed by atoms with Crippen LogP contribution >= 0.6 is 11.8 Å². The smallest absolute Gasteiger partial charge is 0.316 e. The first kappa shape index (κ1) is 11.8. The summed E-state index contributed by atoms with van der Waals surface area (Å²) in [6.07, 6.45) is 7.32. The third-order valence-corrected chi connectivity index (χ3v) is 2.89.